The predicted octanol–water partition coefficient (Wildman–Crippen LogP) is 5.61. The Labute approximate surface area is 184 Å². The van der Waals surface area contributed by atoms with E-state index in [4.69, 9.17) is 16.3 Å². The molecule has 2 aromatic carbocycles. The summed E-state index contributed by atoms with van der Waals surface area (Å²) < 4.78 is 5.23. The highest BCUT2D eigenvalue weighted by molar-refractivity contribution is 6.33. The summed E-state index contributed by atoms with van der Waals surface area (Å²) in [5.41, 5.74) is 6.34. The average Bonchev–Trinajstić information content (AvgIpc) is 2.71. The van der Waals surface area contributed by atoms with Crippen LogP contribution in [-0.2, 0) is 0 Å². The van der Waals surface area contributed by atoms with E-state index >= 15 is 0 Å². The molecule has 0 aliphatic carbocycles. The number of rotatable bonds is 6. The van der Waals surface area contributed by atoms with Crippen molar-refractivity contribution in [2.24, 2.45) is 5.10 Å². The first-order valence-corrected chi connectivity index (χ1v) is 10.7. The van der Waals surface area contributed by atoms with Gasteiger partial charge in [0.05, 0.1) is 23.9 Å². The van der Waals surface area contributed by atoms with Gasteiger partial charge < -0.3 is 9.64 Å². The molecule has 2 aromatic rings. The molecular formula is C24H30ClN3O2. The maximum atomic E-state index is 12.4. The number of anilines is 1. The molecule has 0 saturated carbocycles. The Bertz CT molecular complexity index is 955. The quantitative estimate of drug-likeness (QED) is 0.481. The van der Waals surface area contributed by atoms with Crippen molar-refractivity contribution in [2.75, 3.05) is 18.6 Å². The summed E-state index contributed by atoms with van der Waals surface area (Å²) in [5, 5.41) is 4.75. The number of amides is 1. The second-order valence-corrected chi connectivity index (χ2v) is 8.81. The lowest BCUT2D eigenvalue weighted by Gasteiger charge is -2.47. The summed E-state index contributed by atoms with van der Waals surface area (Å²) in [6.45, 7) is 10.0. The van der Waals surface area contributed by atoms with Crippen LogP contribution in [0.15, 0.2) is 41.5 Å². The van der Waals surface area contributed by atoms with Crippen molar-refractivity contribution >= 4 is 29.4 Å². The average molecular weight is 428 g/mol. The number of para-hydroxylation sites is 1. The number of ether oxygens (including phenoxy) is 1. The zero-order chi connectivity index (χ0) is 21.9. The van der Waals surface area contributed by atoms with Gasteiger partial charge in [-0.05, 0) is 62.4 Å². The number of carbonyl (C=O) groups is 1. The van der Waals surface area contributed by atoms with Crippen LogP contribution in [0.3, 0.4) is 0 Å². The fourth-order valence-corrected chi connectivity index (χ4v) is 4.53. The molecule has 3 rings (SSSR count). The van der Waals surface area contributed by atoms with Crippen molar-refractivity contribution in [3.05, 3.63) is 58.1 Å². The normalized spacial score (nSPS) is 17.7. The van der Waals surface area contributed by atoms with Crippen molar-refractivity contribution in [3.8, 4) is 5.75 Å². The van der Waals surface area contributed by atoms with E-state index in [2.05, 4.69) is 49.2 Å². The van der Waals surface area contributed by atoms with Gasteiger partial charge in [-0.25, -0.2) is 5.43 Å². The summed E-state index contributed by atoms with van der Waals surface area (Å²) in [7, 11) is 1.53. The highest BCUT2D eigenvalue weighted by atomic mass is 35.5. The van der Waals surface area contributed by atoms with E-state index in [-0.39, 0.29) is 11.4 Å². The maximum Gasteiger partial charge on any atom is 0.275 e. The third-order valence-corrected chi connectivity index (χ3v) is 6.00. The molecule has 1 aliphatic rings. The Kier molecular flexibility index (Phi) is 6.71. The van der Waals surface area contributed by atoms with Crippen LogP contribution in [0.5, 0.6) is 5.75 Å². The van der Waals surface area contributed by atoms with E-state index in [9.17, 15) is 4.79 Å². The second kappa shape index (κ2) is 9.09. The monoisotopic (exact) mass is 427 g/mol. The van der Waals surface area contributed by atoms with Gasteiger partial charge in [0.25, 0.3) is 5.91 Å². The van der Waals surface area contributed by atoms with Crippen LogP contribution in [0.4, 0.5) is 5.69 Å². The summed E-state index contributed by atoms with van der Waals surface area (Å²) in [5.74, 6) is 0.585. The number of fused-ring (bicyclic) bond motifs is 1. The van der Waals surface area contributed by atoms with E-state index in [0.29, 0.717) is 22.3 Å². The Hall–Kier alpha value is -2.53. The summed E-state index contributed by atoms with van der Waals surface area (Å²) in [4.78, 5) is 14.9. The number of carbonyl (C=O) groups excluding carboxylic acids is 1. The number of hydrogen-bond donors (Lipinski definition) is 1. The van der Waals surface area contributed by atoms with Crippen LogP contribution < -0.4 is 15.1 Å². The molecule has 30 heavy (non-hydrogen) atoms. The van der Waals surface area contributed by atoms with Gasteiger partial charge in [-0.2, -0.15) is 5.10 Å². The third kappa shape index (κ3) is 4.46. The molecule has 1 aliphatic heterocycles. The van der Waals surface area contributed by atoms with Gasteiger partial charge in [0, 0.05) is 23.3 Å². The number of nitrogens with zero attached hydrogens (tertiary/aromatic N) is 2. The fraction of sp³-hybridized carbons (Fsp3) is 0.417. The molecule has 0 fully saturated rings. The van der Waals surface area contributed by atoms with Gasteiger partial charge >= 0.3 is 0 Å². The highest BCUT2D eigenvalue weighted by Gasteiger charge is 2.36. The van der Waals surface area contributed by atoms with Gasteiger partial charge in [-0.15, -0.1) is 0 Å². The minimum Gasteiger partial charge on any atom is -0.496 e. The van der Waals surface area contributed by atoms with E-state index in [1.165, 1.54) is 18.4 Å². The second-order valence-electron chi connectivity index (χ2n) is 8.40. The Balaban J connectivity index is 1.84. The van der Waals surface area contributed by atoms with E-state index < -0.39 is 0 Å². The zero-order valence-corrected chi connectivity index (χ0v) is 19.1. The molecule has 0 spiro atoms. The molecule has 160 valence electrons. The van der Waals surface area contributed by atoms with Crippen LogP contribution in [-0.4, -0.2) is 31.3 Å². The van der Waals surface area contributed by atoms with Gasteiger partial charge in [-0.3, -0.25) is 4.79 Å². The number of methoxy groups -OCH3 is 1. The Morgan fingerprint density at radius 2 is 2.10 bits per heavy atom. The molecule has 1 heterocycles. The standard InChI is InChI=1S/C24H30ClN3O2/c1-6-11-28-21-13-20(25)17(12-19(21)16(2)14-24(28,3)4)15-26-27-23(29)18-9-7-8-10-22(18)30-5/h7-10,12-13,15-16H,6,11,14H2,1-5H3,(H,27,29)/b26-15-. The predicted molar refractivity (Wildman–Crippen MR) is 124 cm³/mol. The molecule has 0 saturated heterocycles. The molecule has 1 amide bonds. The number of nitrogens with one attached hydrogen (secondary N) is 1. The number of benzene rings is 2. The van der Waals surface area contributed by atoms with Gasteiger partial charge in [0.15, 0.2) is 0 Å². The highest BCUT2D eigenvalue weighted by Crippen LogP contribution is 2.45. The molecular weight excluding hydrogens is 398 g/mol. The molecule has 1 N–H and O–H groups in total. The van der Waals surface area contributed by atoms with Crippen LogP contribution in [0.2, 0.25) is 5.02 Å². The lowest BCUT2D eigenvalue weighted by Crippen LogP contribution is -2.48. The van der Waals surface area contributed by atoms with Crippen LogP contribution in [0.25, 0.3) is 0 Å². The van der Waals surface area contributed by atoms with Gasteiger partial charge in [-0.1, -0.05) is 37.6 Å². The van der Waals surface area contributed by atoms with Crippen molar-refractivity contribution < 1.29 is 9.53 Å². The fourth-order valence-electron chi connectivity index (χ4n) is 4.32. The zero-order valence-electron chi connectivity index (χ0n) is 18.3. The van der Waals surface area contributed by atoms with Crippen LogP contribution in [0.1, 0.15) is 67.9 Å². The molecule has 0 bridgehead atoms. The molecule has 1 unspecified atom stereocenters. The van der Waals surface area contributed by atoms with Gasteiger partial charge in [0.1, 0.15) is 5.75 Å². The Morgan fingerprint density at radius 1 is 1.37 bits per heavy atom. The molecule has 0 aromatic heterocycles. The number of hydrazone groups is 1. The van der Waals surface area contributed by atoms with Crippen molar-refractivity contribution in [2.45, 2.75) is 52.0 Å². The number of halogens is 1. The van der Waals surface area contributed by atoms with E-state index in [1.54, 1.807) is 24.4 Å². The van der Waals surface area contributed by atoms with Crippen molar-refractivity contribution in [1.29, 1.82) is 0 Å². The van der Waals surface area contributed by atoms with E-state index in [1.807, 2.05) is 12.1 Å². The lowest BCUT2D eigenvalue weighted by atomic mass is 9.79. The summed E-state index contributed by atoms with van der Waals surface area (Å²) >= 11 is 6.60. The molecule has 6 heteroatoms. The van der Waals surface area contributed by atoms with Crippen LogP contribution >= 0.6 is 11.6 Å². The Morgan fingerprint density at radius 3 is 2.80 bits per heavy atom. The first-order chi connectivity index (χ1) is 14.3. The molecule has 5 nitrogen and oxygen atoms in total. The molecule has 1 atom stereocenters. The minimum atomic E-state index is -0.331. The van der Waals surface area contributed by atoms with Crippen molar-refractivity contribution in [3.63, 3.8) is 0 Å². The minimum absolute atomic E-state index is 0.0874. The van der Waals surface area contributed by atoms with Gasteiger partial charge in [0.2, 0.25) is 0 Å². The smallest absolute Gasteiger partial charge is 0.275 e. The first kappa shape index (κ1) is 22.2. The maximum absolute atomic E-state index is 12.4. The topological polar surface area (TPSA) is 53.9 Å². The van der Waals surface area contributed by atoms with Crippen LogP contribution in [0, 0.1) is 0 Å². The first-order valence-electron chi connectivity index (χ1n) is 10.4. The SMILES string of the molecule is CCCN1c2cc(Cl)c(/C=N\NC(=O)c3ccccc3OC)cc2C(C)CC1(C)C. The summed E-state index contributed by atoms with van der Waals surface area (Å²) in [6.07, 6.45) is 3.75. The van der Waals surface area contributed by atoms with Crippen molar-refractivity contribution in [1.82, 2.24) is 5.43 Å². The van der Waals surface area contributed by atoms with E-state index in [0.717, 1.165) is 24.9 Å². The summed E-state index contributed by atoms with van der Waals surface area (Å²) in [6, 6.07) is 11.2. The third-order valence-electron chi connectivity index (χ3n) is 5.67. The largest absolute Gasteiger partial charge is 0.496 e. The molecule has 0 radical (unpaired) electrons. The lowest BCUT2D eigenvalue weighted by molar-refractivity contribution is 0.0952. The number of hydrogen-bond acceptors (Lipinski definition) is 4.